The van der Waals surface area contributed by atoms with Gasteiger partial charge in [0.25, 0.3) is 0 Å². The second-order valence-electron chi connectivity index (χ2n) is 11.5. The molecule has 3 heterocycles. The van der Waals surface area contributed by atoms with E-state index in [9.17, 15) is 0 Å². The van der Waals surface area contributed by atoms with E-state index >= 15 is 0 Å². The Kier molecular flexibility index (Phi) is 6.10. The molecule has 0 N–H and O–H groups in total. The van der Waals surface area contributed by atoms with Crippen molar-refractivity contribution >= 4 is 32.8 Å². The summed E-state index contributed by atoms with van der Waals surface area (Å²) >= 11 is 0. The first-order valence-corrected chi connectivity index (χ1v) is 15.4. The predicted molar refractivity (Wildman–Crippen MR) is 188 cm³/mol. The van der Waals surface area contributed by atoms with Crippen molar-refractivity contribution in [3.8, 4) is 50.9 Å². The highest BCUT2D eigenvalue weighted by molar-refractivity contribution is 6.19. The van der Waals surface area contributed by atoms with Crippen LogP contribution < -0.4 is 0 Å². The summed E-state index contributed by atoms with van der Waals surface area (Å²) in [6.07, 6.45) is 0. The van der Waals surface area contributed by atoms with Crippen LogP contribution in [0.25, 0.3) is 83.7 Å². The van der Waals surface area contributed by atoms with Gasteiger partial charge in [-0.1, -0.05) is 133 Å². The first-order valence-electron chi connectivity index (χ1n) is 15.4. The number of nitrogens with zero attached hydrogens (tertiary/aromatic N) is 3. The maximum absolute atomic E-state index is 6.60. The highest BCUT2D eigenvalue weighted by Crippen LogP contribution is 2.40. The first-order chi connectivity index (χ1) is 22.8. The highest BCUT2D eigenvalue weighted by atomic mass is 16.3. The van der Waals surface area contributed by atoms with Gasteiger partial charge in [0, 0.05) is 27.5 Å². The van der Waals surface area contributed by atoms with Crippen LogP contribution in [0.2, 0.25) is 0 Å². The van der Waals surface area contributed by atoms with E-state index in [1.165, 1.54) is 11.1 Å². The number of aromatic nitrogens is 3. The molecule has 4 heteroatoms. The lowest BCUT2D eigenvalue weighted by atomic mass is 10.0. The summed E-state index contributed by atoms with van der Waals surface area (Å²) in [6.45, 7) is 0. The number of rotatable bonds is 5. The maximum Gasteiger partial charge on any atom is 0.235 e. The topological polar surface area (TPSA) is 43.9 Å². The van der Waals surface area contributed by atoms with Gasteiger partial charge in [0.05, 0.1) is 27.8 Å². The van der Waals surface area contributed by atoms with Gasteiger partial charge in [-0.05, 0) is 41.5 Å². The molecule has 6 aromatic carbocycles. The van der Waals surface area contributed by atoms with Crippen molar-refractivity contribution in [1.29, 1.82) is 0 Å². The second-order valence-corrected chi connectivity index (χ2v) is 11.5. The standard InChI is InChI=1S/C42H27N3O/c1-4-12-28(13-5-1)29-20-22-31(23-21-29)36-27-35(30-14-6-2-7-15-30)43-42(44-36)45-37-19-11-10-18-34(37)40-38(45)25-24-33-26-39(46-41(33)40)32-16-8-3-9-17-32/h1-27H. The van der Waals surface area contributed by atoms with E-state index < -0.39 is 0 Å². The summed E-state index contributed by atoms with van der Waals surface area (Å²) in [7, 11) is 0. The van der Waals surface area contributed by atoms with Gasteiger partial charge < -0.3 is 4.42 Å². The van der Waals surface area contributed by atoms with E-state index in [0.717, 1.165) is 66.6 Å². The smallest absolute Gasteiger partial charge is 0.235 e. The molecule has 0 saturated carbocycles. The number of para-hydroxylation sites is 1. The summed E-state index contributed by atoms with van der Waals surface area (Å²) in [4.78, 5) is 10.4. The van der Waals surface area contributed by atoms with Gasteiger partial charge in [-0.3, -0.25) is 4.57 Å². The molecule has 0 bridgehead atoms. The number of hydrogen-bond donors (Lipinski definition) is 0. The quantitative estimate of drug-likeness (QED) is 0.201. The molecular formula is C42H27N3O. The molecule has 46 heavy (non-hydrogen) atoms. The van der Waals surface area contributed by atoms with Crippen LogP contribution in [0.4, 0.5) is 0 Å². The summed E-state index contributed by atoms with van der Waals surface area (Å²) < 4.78 is 8.77. The van der Waals surface area contributed by atoms with Crippen LogP contribution in [0.5, 0.6) is 0 Å². The fraction of sp³-hybridized carbons (Fsp3) is 0. The lowest BCUT2D eigenvalue weighted by Crippen LogP contribution is -2.04. The Hall–Kier alpha value is -6.26. The molecule has 0 atom stereocenters. The monoisotopic (exact) mass is 589 g/mol. The number of benzene rings is 6. The van der Waals surface area contributed by atoms with Gasteiger partial charge >= 0.3 is 0 Å². The van der Waals surface area contributed by atoms with Gasteiger partial charge in [0.1, 0.15) is 11.3 Å². The SMILES string of the molecule is c1ccc(-c2ccc(-c3cc(-c4ccccc4)nc(-n4c5ccccc5c5c6oc(-c7ccccc7)cc6ccc54)n3)cc2)cc1. The van der Waals surface area contributed by atoms with Crippen molar-refractivity contribution in [1.82, 2.24) is 14.5 Å². The van der Waals surface area contributed by atoms with Gasteiger partial charge in [-0.2, -0.15) is 0 Å². The van der Waals surface area contributed by atoms with E-state index in [2.05, 4.69) is 126 Å². The molecule has 0 aliphatic carbocycles. The molecule has 9 rings (SSSR count). The molecule has 9 aromatic rings. The molecule has 0 fully saturated rings. The van der Waals surface area contributed by atoms with Gasteiger partial charge in [-0.15, -0.1) is 0 Å². The molecule has 0 saturated heterocycles. The molecule has 0 amide bonds. The van der Waals surface area contributed by atoms with E-state index in [-0.39, 0.29) is 0 Å². The first kappa shape index (κ1) is 26.2. The normalized spacial score (nSPS) is 11.5. The third-order valence-corrected chi connectivity index (χ3v) is 8.65. The minimum absolute atomic E-state index is 0.615. The Bertz CT molecular complexity index is 2500. The highest BCUT2D eigenvalue weighted by Gasteiger charge is 2.20. The molecule has 0 aliphatic rings. The second kappa shape index (κ2) is 10.7. The number of furan rings is 1. The van der Waals surface area contributed by atoms with Crippen LogP contribution in [0, 0.1) is 0 Å². The van der Waals surface area contributed by atoms with Gasteiger partial charge in [0.15, 0.2) is 0 Å². The Morgan fingerprint density at radius 2 is 0.978 bits per heavy atom. The lowest BCUT2D eigenvalue weighted by molar-refractivity contribution is 0.635. The summed E-state index contributed by atoms with van der Waals surface area (Å²) in [5.41, 5.74) is 10.1. The fourth-order valence-electron chi connectivity index (χ4n) is 6.41. The Morgan fingerprint density at radius 1 is 0.435 bits per heavy atom. The third-order valence-electron chi connectivity index (χ3n) is 8.65. The Labute approximate surface area is 265 Å². The van der Waals surface area contributed by atoms with Crippen LogP contribution in [-0.2, 0) is 0 Å². The van der Waals surface area contributed by atoms with Crippen molar-refractivity contribution in [3.05, 3.63) is 164 Å². The lowest BCUT2D eigenvalue weighted by Gasteiger charge is -2.12. The van der Waals surface area contributed by atoms with Crippen molar-refractivity contribution < 1.29 is 4.42 Å². The summed E-state index contributed by atoms with van der Waals surface area (Å²) in [6, 6.07) is 56.5. The molecule has 216 valence electrons. The molecule has 0 aliphatic heterocycles. The van der Waals surface area contributed by atoms with E-state index in [1.807, 2.05) is 42.5 Å². The van der Waals surface area contributed by atoms with E-state index in [4.69, 9.17) is 14.4 Å². The molecule has 0 radical (unpaired) electrons. The molecule has 3 aromatic heterocycles. The molecule has 0 spiro atoms. The van der Waals surface area contributed by atoms with Crippen molar-refractivity contribution in [3.63, 3.8) is 0 Å². The largest absolute Gasteiger partial charge is 0.455 e. The maximum atomic E-state index is 6.60. The molecule has 4 nitrogen and oxygen atoms in total. The van der Waals surface area contributed by atoms with Gasteiger partial charge in [0.2, 0.25) is 5.95 Å². The summed E-state index contributed by atoms with van der Waals surface area (Å²) in [5, 5.41) is 3.21. The minimum atomic E-state index is 0.615. The number of hydrogen-bond acceptors (Lipinski definition) is 3. The molecule has 0 unspecified atom stereocenters. The van der Waals surface area contributed by atoms with Crippen LogP contribution in [-0.4, -0.2) is 14.5 Å². The zero-order valence-corrected chi connectivity index (χ0v) is 24.8. The third kappa shape index (κ3) is 4.39. The van der Waals surface area contributed by atoms with Gasteiger partial charge in [-0.25, -0.2) is 9.97 Å². The van der Waals surface area contributed by atoms with Crippen LogP contribution in [0.15, 0.2) is 168 Å². The number of fused-ring (bicyclic) bond motifs is 5. The average Bonchev–Trinajstić information content (AvgIpc) is 3.72. The van der Waals surface area contributed by atoms with Crippen LogP contribution in [0.1, 0.15) is 0 Å². The van der Waals surface area contributed by atoms with Crippen LogP contribution in [0.3, 0.4) is 0 Å². The minimum Gasteiger partial charge on any atom is -0.455 e. The molecular weight excluding hydrogens is 562 g/mol. The van der Waals surface area contributed by atoms with Crippen molar-refractivity contribution in [2.24, 2.45) is 0 Å². The Balaban J connectivity index is 1.27. The zero-order chi connectivity index (χ0) is 30.5. The average molecular weight is 590 g/mol. The van der Waals surface area contributed by atoms with Crippen LogP contribution >= 0.6 is 0 Å². The van der Waals surface area contributed by atoms with E-state index in [0.29, 0.717) is 5.95 Å². The summed E-state index contributed by atoms with van der Waals surface area (Å²) in [5.74, 6) is 1.47. The predicted octanol–water partition coefficient (Wildman–Crippen LogP) is 11.0. The van der Waals surface area contributed by atoms with Crippen molar-refractivity contribution in [2.45, 2.75) is 0 Å². The Morgan fingerprint density at radius 3 is 1.67 bits per heavy atom. The zero-order valence-electron chi connectivity index (χ0n) is 24.8. The van der Waals surface area contributed by atoms with E-state index in [1.54, 1.807) is 0 Å². The fourth-order valence-corrected chi connectivity index (χ4v) is 6.41. The van der Waals surface area contributed by atoms with Crippen molar-refractivity contribution in [2.75, 3.05) is 0 Å².